The van der Waals surface area contributed by atoms with Crippen LogP contribution in [0.25, 0.3) is 0 Å². The molecule has 3 heteroatoms. The van der Waals surface area contributed by atoms with E-state index < -0.39 is 11.7 Å². The molecule has 6 atom stereocenters. The Balaban J connectivity index is 2.03. The molecule has 0 aromatic carbocycles. The number of hydrogen-bond acceptors (Lipinski definition) is 3. The largest absolute Gasteiger partial charge is 0.392 e. The van der Waals surface area contributed by atoms with Crippen LogP contribution in [0.1, 0.15) is 59.8 Å². The molecule has 0 saturated heterocycles. The second-order valence-electron chi connectivity index (χ2n) is 8.39. The minimum atomic E-state index is -1.06. The SMILES string of the molecule is C=C1CC[C@@H]([C@H](C)CC[C@H](O)C(C)(C)O)[C@@H](O)[C@@H]2C(C)=CC[C@@H]12. The van der Waals surface area contributed by atoms with Crippen LogP contribution >= 0.6 is 0 Å². The molecule has 0 unspecified atom stereocenters. The Morgan fingerprint density at radius 2 is 2.00 bits per heavy atom. The zero-order chi connectivity index (χ0) is 17.4. The molecule has 1 fully saturated rings. The molecular formula is C20H34O3. The summed E-state index contributed by atoms with van der Waals surface area (Å²) in [6.45, 7) is 11.9. The van der Waals surface area contributed by atoms with Gasteiger partial charge in [-0.15, -0.1) is 0 Å². The summed E-state index contributed by atoms with van der Waals surface area (Å²) < 4.78 is 0. The van der Waals surface area contributed by atoms with E-state index in [9.17, 15) is 15.3 Å². The van der Waals surface area contributed by atoms with Gasteiger partial charge in [0.05, 0.1) is 17.8 Å². The van der Waals surface area contributed by atoms with Crippen LogP contribution in [0.4, 0.5) is 0 Å². The third-order valence-corrected chi connectivity index (χ3v) is 6.22. The second-order valence-corrected chi connectivity index (χ2v) is 8.39. The Labute approximate surface area is 141 Å². The fraction of sp³-hybridized carbons (Fsp3) is 0.800. The number of rotatable bonds is 5. The Kier molecular flexibility index (Phi) is 5.76. The van der Waals surface area contributed by atoms with E-state index in [1.54, 1.807) is 13.8 Å². The van der Waals surface area contributed by atoms with Crippen molar-refractivity contribution in [3.63, 3.8) is 0 Å². The van der Waals surface area contributed by atoms with Gasteiger partial charge in [0.1, 0.15) is 0 Å². The first-order valence-corrected chi connectivity index (χ1v) is 9.05. The maximum absolute atomic E-state index is 11.0. The maximum Gasteiger partial charge on any atom is 0.0849 e. The fourth-order valence-corrected chi connectivity index (χ4v) is 4.42. The average molecular weight is 322 g/mol. The molecule has 0 aromatic heterocycles. The van der Waals surface area contributed by atoms with Crippen LogP contribution in [0.5, 0.6) is 0 Å². The molecule has 3 N–H and O–H groups in total. The van der Waals surface area contributed by atoms with Crippen molar-refractivity contribution < 1.29 is 15.3 Å². The lowest BCUT2D eigenvalue weighted by Gasteiger charge is -2.34. The first-order valence-electron chi connectivity index (χ1n) is 9.05. The summed E-state index contributed by atoms with van der Waals surface area (Å²) in [5.74, 6) is 1.18. The molecule has 0 amide bonds. The van der Waals surface area contributed by atoms with Crippen molar-refractivity contribution in [2.75, 3.05) is 0 Å². The summed E-state index contributed by atoms with van der Waals surface area (Å²) in [6.07, 6.45) is 5.58. The first kappa shape index (κ1) is 18.7. The van der Waals surface area contributed by atoms with Crippen molar-refractivity contribution in [3.05, 3.63) is 23.8 Å². The number of hydrogen-bond donors (Lipinski definition) is 3. The van der Waals surface area contributed by atoms with E-state index in [4.69, 9.17) is 0 Å². The highest BCUT2D eigenvalue weighted by Crippen LogP contribution is 2.47. The summed E-state index contributed by atoms with van der Waals surface area (Å²) in [4.78, 5) is 0. The number of fused-ring (bicyclic) bond motifs is 1. The lowest BCUT2D eigenvalue weighted by molar-refractivity contribution is -0.0562. The summed E-state index contributed by atoms with van der Waals surface area (Å²) in [5.41, 5.74) is 1.53. The maximum atomic E-state index is 11.0. The highest BCUT2D eigenvalue weighted by atomic mass is 16.3. The average Bonchev–Trinajstić information content (AvgIpc) is 2.79. The molecule has 0 aromatic rings. The van der Waals surface area contributed by atoms with Gasteiger partial charge in [0.25, 0.3) is 0 Å². The number of aliphatic hydroxyl groups excluding tert-OH is 2. The van der Waals surface area contributed by atoms with Gasteiger partial charge in [0.2, 0.25) is 0 Å². The van der Waals surface area contributed by atoms with Crippen LogP contribution in [0, 0.1) is 23.7 Å². The Bertz CT molecular complexity index is 460. The highest BCUT2D eigenvalue weighted by Gasteiger charge is 2.42. The topological polar surface area (TPSA) is 60.7 Å². The third-order valence-electron chi connectivity index (χ3n) is 6.22. The molecule has 2 aliphatic carbocycles. The smallest absolute Gasteiger partial charge is 0.0849 e. The van der Waals surface area contributed by atoms with Crippen molar-refractivity contribution in [2.45, 2.75) is 77.6 Å². The Morgan fingerprint density at radius 3 is 2.61 bits per heavy atom. The van der Waals surface area contributed by atoms with Crippen molar-refractivity contribution in [1.82, 2.24) is 0 Å². The summed E-state index contributed by atoms with van der Waals surface area (Å²) in [7, 11) is 0. The van der Waals surface area contributed by atoms with Crippen molar-refractivity contribution in [3.8, 4) is 0 Å². The predicted molar refractivity (Wildman–Crippen MR) is 93.9 cm³/mol. The molecule has 3 nitrogen and oxygen atoms in total. The lowest BCUT2D eigenvalue weighted by Crippen LogP contribution is -2.37. The molecule has 0 heterocycles. The molecule has 0 bridgehead atoms. The van der Waals surface area contributed by atoms with Gasteiger partial charge in [-0.1, -0.05) is 30.7 Å². The van der Waals surface area contributed by atoms with Crippen molar-refractivity contribution >= 4 is 0 Å². The molecule has 2 rings (SSSR count). The van der Waals surface area contributed by atoms with Crippen LogP contribution in [-0.4, -0.2) is 33.1 Å². The highest BCUT2D eigenvalue weighted by molar-refractivity contribution is 5.24. The molecule has 1 saturated carbocycles. The molecular weight excluding hydrogens is 288 g/mol. The molecule has 132 valence electrons. The van der Waals surface area contributed by atoms with Gasteiger partial charge >= 0.3 is 0 Å². The Hall–Kier alpha value is -0.640. The van der Waals surface area contributed by atoms with Gasteiger partial charge in [-0.05, 0) is 70.6 Å². The van der Waals surface area contributed by atoms with E-state index in [-0.39, 0.29) is 17.9 Å². The lowest BCUT2D eigenvalue weighted by atomic mass is 9.76. The summed E-state index contributed by atoms with van der Waals surface area (Å²) in [5, 5.41) is 30.9. The monoisotopic (exact) mass is 322 g/mol. The quantitative estimate of drug-likeness (QED) is 0.680. The first-order chi connectivity index (χ1) is 10.6. The van der Waals surface area contributed by atoms with Gasteiger partial charge < -0.3 is 15.3 Å². The zero-order valence-electron chi connectivity index (χ0n) is 15.1. The van der Waals surface area contributed by atoms with E-state index in [1.165, 1.54) is 11.1 Å². The van der Waals surface area contributed by atoms with Crippen LogP contribution in [-0.2, 0) is 0 Å². The van der Waals surface area contributed by atoms with Gasteiger partial charge in [0.15, 0.2) is 0 Å². The summed E-state index contributed by atoms with van der Waals surface area (Å²) >= 11 is 0. The number of allylic oxidation sites excluding steroid dienone is 2. The van der Waals surface area contributed by atoms with Gasteiger partial charge in [-0.3, -0.25) is 0 Å². The van der Waals surface area contributed by atoms with Crippen molar-refractivity contribution in [2.24, 2.45) is 23.7 Å². The van der Waals surface area contributed by atoms with E-state index in [1.807, 2.05) is 0 Å². The number of aliphatic hydroxyl groups is 3. The molecule has 0 aliphatic heterocycles. The van der Waals surface area contributed by atoms with Gasteiger partial charge in [-0.25, -0.2) is 0 Å². The van der Waals surface area contributed by atoms with E-state index in [0.29, 0.717) is 18.3 Å². The molecule has 0 radical (unpaired) electrons. The molecule has 0 spiro atoms. The van der Waals surface area contributed by atoms with Crippen molar-refractivity contribution in [1.29, 1.82) is 0 Å². The van der Waals surface area contributed by atoms with Crippen LogP contribution in [0.2, 0.25) is 0 Å². The zero-order valence-corrected chi connectivity index (χ0v) is 15.1. The van der Waals surface area contributed by atoms with E-state index in [2.05, 4.69) is 26.5 Å². The molecule has 2 aliphatic rings. The molecule has 23 heavy (non-hydrogen) atoms. The van der Waals surface area contributed by atoms with Crippen LogP contribution in [0.15, 0.2) is 23.8 Å². The predicted octanol–water partition coefficient (Wildman–Crippen LogP) is 3.44. The third kappa shape index (κ3) is 4.07. The standard InChI is InChI=1S/C20H34O3/c1-12-6-10-16(13(2)8-11-17(21)20(4,5)23)19(22)18-14(3)7-9-15(12)18/h7,13,15-19,21-23H,1,6,8-11H2,2-5H3/t13-,15+,16+,17+,18-,19-/m1/s1. The second kappa shape index (κ2) is 7.08. The van der Waals surface area contributed by atoms with E-state index in [0.717, 1.165) is 25.7 Å². The van der Waals surface area contributed by atoms with Crippen LogP contribution < -0.4 is 0 Å². The van der Waals surface area contributed by atoms with Gasteiger partial charge in [0, 0.05) is 5.92 Å². The normalized spacial score (nSPS) is 34.6. The van der Waals surface area contributed by atoms with Crippen LogP contribution in [0.3, 0.4) is 0 Å². The minimum Gasteiger partial charge on any atom is -0.392 e. The van der Waals surface area contributed by atoms with E-state index >= 15 is 0 Å². The summed E-state index contributed by atoms with van der Waals surface area (Å²) in [6, 6.07) is 0. The minimum absolute atomic E-state index is 0.219. The Morgan fingerprint density at radius 1 is 1.35 bits per heavy atom. The fourth-order valence-electron chi connectivity index (χ4n) is 4.42. The van der Waals surface area contributed by atoms with Gasteiger partial charge in [-0.2, -0.15) is 0 Å².